The second kappa shape index (κ2) is 7.11. The molecule has 0 unspecified atom stereocenters. The number of carbonyl (C=O) groups is 2. The molecule has 0 saturated carbocycles. The van der Waals surface area contributed by atoms with E-state index < -0.39 is 42.7 Å². The summed E-state index contributed by atoms with van der Waals surface area (Å²) in [5.74, 6) is -2.53. The number of amides is 1. The maximum Gasteiger partial charge on any atom is 0.389 e. The van der Waals surface area contributed by atoms with Gasteiger partial charge < -0.3 is 14.7 Å². The highest BCUT2D eigenvalue weighted by molar-refractivity contribution is 5.79. The van der Waals surface area contributed by atoms with Crippen molar-refractivity contribution in [2.45, 2.75) is 24.9 Å². The van der Waals surface area contributed by atoms with Gasteiger partial charge in [0.05, 0.1) is 19.4 Å². The lowest BCUT2D eigenvalue weighted by molar-refractivity contribution is -0.149. The molecule has 1 aromatic carbocycles. The number of rotatable bonds is 5. The van der Waals surface area contributed by atoms with Gasteiger partial charge in [0.15, 0.2) is 0 Å². The Kier molecular flexibility index (Phi) is 5.36. The van der Waals surface area contributed by atoms with Gasteiger partial charge in [-0.15, -0.1) is 0 Å². The minimum atomic E-state index is -4.41. The number of alkyl halides is 3. The summed E-state index contributed by atoms with van der Waals surface area (Å²) >= 11 is 0. The van der Waals surface area contributed by atoms with Crippen molar-refractivity contribution in [2.24, 2.45) is 5.92 Å². The number of carboxylic acid groups (broad SMARTS) is 1. The fourth-order valence-corrected chi connectivity index (χ4v) is 2.87. The van der Waals surface area contributed by atoms with E-state index in [1.165, 1.54) is 12.0 Å². The number of benzene rings is 1. The van der Waals surface area contributed by atoms with E-state index in [0.29, 0.717) is 11.3 Å². The minimum absolute atomic E-state index is 0.0842. The van der Waals surface area contributed by atoms with Crippen LogP contribution in [-0.2, 0) is 9.59 Å². The van der Waals surface area contributed by atoms with Crippen LogP contribution in [0.2, 0.25) is 0 Å². The van der Waals surface area contributed by atoms with Crippen LogP contribution in [0.15, 0.2) is 24.3 Å². The molecule has 2 atom stereocenters. The number of nitrogens with zero attached hydrogens (tertiary/aromatic N) is 1. The molecule has 8 heteroatoms. The van der Waals surface area contributed by atoms with Crippen LogP contribution >= 0.6 is 0 Å². The number of likely N-dealkylation sites (tertiary alicyclic amines) is 1. The SMILES string of the molecule is COc1cccc([C@@H]2CN(C(=O)CCC(F)(F)F)C[C@H]2C(=O)O)c1. The Bertz CT molecular complexity index is 618. The zero-order valence-electron chi connectivity index (χ0n) is 13.0. The Morgan fingerprint density at radius 3 is 2.62 bits per heavy atom. The third-order valence-electron chi connectivity index (χ3n) is 4.13. The number of hydrogen-bond acceptors (Lipinski definition) is 3. The molecular weight excluding hydrogens is 327 g/mol. The first-order valence-electron chi connectivity index (χ1n) is 7.42. The van der Waals surface area contributed by atoms with Gasteiger partial charge in [0.2, 0.25) is 5.91 Å². The van der Waals surface area contributed by atoms with Crippen LogP contribution in [0.3, 0.4) is 0 Å². The standard InChI is InChI=1S/C16H18F3NO4/c1-24-11-4-2-3-10(7-11)12-8-20(9-13(12)15(22)23)14(21)5-6-16(17,18)19/h2-4,7,12-13H,5-6,8-9H2,1H3,(H,22,23)/t12-,13+/m0/s1. The summed E-state index contributed by atoms with van der Waals surface area (Å²) in [5, 5.41) is 9.38. The maximum atomic E-state index is 12.3. The zero-order chi connectivity index (χ0) is 17.9. The van der Waals surface area contributed by atoms with Crippen molar-refractivity contribution in [2.75, 3.05) is 20.2 Å². The van der Waals surface area contributed by atoms with Gasteiger partial charge in [0.1, 0.15) is 5.75 Å². The molecule has 1 N–H and O–H groups in total. The number of aliphatic carboxylic acids is 1. The summed E-state index contributed by atoms with van der Waals surface area (Å²) in [5.41, 5.74) is 0.688. The van der Waals surface area contributed by atoms with Crippen LogP contribution in [0.25, 0.3) is 0 Å². The molecule has 0 spiro atoms. The first-order valence-corrected chi connectivity index (χ1v) is 7.42. The lowest BCUT2D eigenvalue weighted by Gasteiger charge is -2.17. The molecule has 2 rings (SSSR count). The van der Waals surface area contributed by atoms with Crippen LogP contribution in [-0.4, -0.2) is 48.3 Å². The summed E-state index contributed by atoms with van der Waals surface area (Å²) < 4.78 is 41.9. The average Bonchev–Trinajstić information content (AvgIpc) is 2.97. The van der Waals surface area contributed by atoms with Gasteiger partial charge in [0.25, 0.3) is 0 Å². The molecule has 0 bridgehead atoms. The molecule has 1 heterocycles. The van der Waals surface area contributed by atoms with Crippen molar-refractivity contribution in [1.29, 1.82) is 0 Å². The van der Waals surface area contributed by atoms with Crippen LogP contribution < -0.4 is 4.74 Å². The third kappa shape index (κ3) is 4.39. The first-order chi connectivity index (χ1) is 11.2. The monoisotopic (exact) mass is 345 g/mol. The van der Waals surface area contributed by atoms with Crippen molar-refractivity contribution in [1.82, 2.24) is 4.90 Å². The van der Waals surface area contributed by atoms with Crippen LogP contribution in [0.5, 0.6) is 5.75 Å². The molecule has 5 nitrogen and oxygen atoms in total. The maximum absolute atomic E-state index is 12.3. The topological polar surface area (TPSA) is 66.8 Å². The molecule has 1 aromatic rings. The number of ether oxygens (including phenoxy) is 1. The van der Waals surface area contributed by atoms with E-state index in [1.807, 2.05) is 0 Å². The fraction of sp³-hybridized carbons (Fsp3) is 0.500. The van der Waals surface area contributed by atoms with Gasteiger partial charge in [-0.3, -0.25) is 9.59 Å². The predicted octanol–water partition coefficient (Wildman–Crippen LogP) is 2.66. The minimum Gasteiger partial charge on any atom is -0.497 e. The lowest BCUT2D eigenvalue weighted by Crippen LogP contribution is -2.30. The normalized spacial score (nSPS) is 20.9. The van der Waals surface area contributed by atoms with E-state index in [2.05, 4.69) is 0 Å². The summed E-state index contributed by atoms with van der Waals surface area (Å²) in [7, 11) is 1.48. The Morgan fingerprint density at radius 2 is 2.04 bits per heavy atom. The number of hydrogen-bond donors (Lipinski definition) is 1. The Morgan fingerprint density at radius 1 is 1.33 bits per heavy atom. The third-order valence-corrected chi connectivity index (χ3v) is 4.13. The number of halogens is 3. The molecule has 1 aliphatic rings. The Labute approximate surface area is 137 Å². The van der Waals surface area contributed by atoms with E-state index in [0.717, 1.165) is 0 Å². The molecule has 132 valence electrons. The van der Waals surface area contributed by atoms with Crippen molar-refractivity contribution in [3.8, 4) is 5.75 Å². The quantitative estimate of drug-likeness (QED) is 0.891. The van der Waals surface area contributed by atoms with Gasteiger partial charge in [-0.05, 0) is 17.7 Å². The Hall–Kier alpha value is -2.25. The van der Waals surface area contributed by atoms with Gasteiger partial charge in [-0.1, -0.05) is 12.1 Å². The van der Waals surface area contributed by atoms with Crippen LogP contribution in [0.4, 0.5) is 13.2 Å². The summed E-state index contributed by atoms with van der Waals surface area (Å²) in [6.07, 6.45) is -6.28. The molecule has 1 fully saturated rings. The predicted molar refractivity (Wildman–Crippen MR) is 78.7 cm³/mol. The Balaban J connectivity index is 2.14. The average molecular weight is 345 g/mol. The first kappa shape index (κ1) is 18.1. The van der Waals surface area contributed by atoms with Gasteiger partial charge in [0, 0.05) is 25.4 Å². The van der Waals surface area contributed by atoms with Gasteiger partial charge in [-0.25, -0.2) is 0 Å². The van der Waals surface area contributed by atoms with Crippen LogP contribution in [0.1, 0.15) is 24.3 Å². The van der Waals surface area contributed by atoms with Crippen molar-refractivity contribution < 1.29 is 32.6 Å². The molecule has 0 aromatic heterocycles. The lowest BCUT2D eigenvalue weighted by atomic mass is 9.89. The second-order valence-electron chi connectivity index (χ2n) is 5.74. The summed E-state index contributed by atoms with van der Waals surface area (Å²) in [6, 6.07) is 6.83. The fourth-order valence-electron chi connectivity index (χ4n) is 2.87. The van der Waals surface area contributed by atoms with E-state index in [4.69, 9.17) is 4.74 Å². The smallest absolute Gasteiger partial charge is 0.389 e. The highest BCUT2D eigenvalue weighted by Crippen LogP contribution is 2.35. The van der Waals surface area contributed by atoms with E-state index in [-0.39, 0.29) is 13.1 Å². The summed E-state index contributed by atoms with van der Waals surface area (Å²) in [6.45, 7) is -0.00523. The van der Waals surface area contributed by atoms with E-state index in [9.17, 15) is 27.9 Å². The molecular formula is C16H18F3NO4. The van der Waals surface area contributed by atoms with Crippen molar-refractivity contribution >= 4 is 11.9 Å². The highest BCUT2D eigenvalue weighted by atomic mass is 19.4. The van der Waals surface area contributed by atoms with Crippen molar-refractivity contribution in [3.63, 3.8) is 0 Å². The van der Waals surface area contributed by atoms with Gasteiger partial charge in [-0.2, -0.15) is 13.2 Å². The van der Waals surface area contributed by atoms with Crippen LogP contribution in [0, 0.1) is 5.92 Å². The number of methoxy groups -OCH3 is 1. The molecule has 1 amide bonds. The molecule has 0 aliphatic carbocycles. The molecule has 1 saturated heterocycles. The summed E-state index contributed by atoms with van der Waals surface area (Å²) in [4.78, 5) is 24.6. The van der Waals surface area contributed by atoms with Gasteiger partial charge >= 0.3 is 12.1 Å². The second-order valence-corrected chi connectivity index (χ2v) is 5.74. The number of carbonyl (C=O) groups excluding carboxylic acids is 1. The largest absolute Gasteiger partial charge is 0.497 e. The zero-order valence-corrected chi connectivity index (χ0v) is 13.0. The molecule has 24 heavy (non-hydrogen) atoms. The molecule has 1 aliphatic heterocycles. The highest BCUT2D eigenvalue weighted by Gasteiger charge is 2.41. The molecule has 0 radical (unpaired) electrons. The van der Waals surface area contributed by atoms with E-state index in [1.54, 1.807) is 24.3 Å². The van der Waals surface area contributed by atoms with Crippen molar-refractivity contribution in [3.05, 3.63) is 29.8 Å². The number of carboxylic acids is 1. The van der Waals surface area contributed by atoms with E-state index >= 15 is 0 Å².